The van der Waals surface area contributed by atoms with Gasteiger partial charge in [-0.25, -0.2) is 0 Å². The molecular formula is C14H17BrClNO2. The van der Waals surface area contributed by atoms with Gasteiger partial charge in [0.05, 0.1) is 0 Å². The van der Waals surface area contributed by atoms with Crippen molar-refractivity contribution in [2.45, 2.75) is 25.8 Å². The van der Waals surface area contributed by atoms with Crippen LogP contribution < -0.4 is 0 Å². The SMILES string of the molecule is O=C(O)CC1CCCN(Cc2ccc(Br)cc2Cl)C1. The second-order valence-corrected chi connectivity index (χ2v) is 6.40. The van der Waals surface area contributed by atoms with Crippen molar-refractivity contribution in [1.82, 2.24) is 4.90 Å². The third kappa shape index (κ3) is 4.48. The van der Waals surface area contributed by atoms with Gasteiger partial charge in [-0.2, -0.15) is 0 Å². The van der Waals surface area contributed by atoms with E-state index in [1.165, 1.54) is 0 Å². The first-order valence-electron chi connectivity index (χ1n) is 6.42. The van der Waals surface area contributed by atoms with Gasteiger partial charge in [-0.15, -0.1) is 0 Å². The van der Waals surface area contributed by atoms with Gasteiger partial charge >= 0.3 is 5.97 Å². The number of aliphatic carboxylic acids is 1. The number of carboxylic acid groups (broad SMARTS) is 1. The number of hydrogen-bond acceptors (Lipinski definition) is 2. The van der Waals surface area contributed by atoms with E-state index in [0.29, 0.717) is 0 Å². The predicted molar refractivity (Wildman–Crippen MR) is 79.4 cm³/mol. The van der Waals surface area contributed by atoms with E-state index >= 15 is 0 Å². The van der Waals surface area contributed by atoms with E-state index < -0.39 is 5.97 Å². The molecule has 0 amide bonds. The average molecular weight is 347 g/mol. The third-order valence-corrected chi connectivity index (χ3v) is 4.32. The number of nitrogens with zero attached hydrogens (tertiary/aromatic N) is 1. The summed E-state index contributed by atoms with van der Waals surface area (Å²) in [7, 11) is 0. The van der Waals surface area contributed by atoms with Crippen molar-refractivity contribution in [1.29, 1.82) is 0 Å². The van der Waals surface area contributed by atoms with Crippen LogP contribution >= 0.6 is 27.5 Å². The standard InChI is InChI=1S/C14H17BrClNO2/c15-12-4-3-11(13(16)7-12)9-17-5-1-2-10(8-17)6-14(18)19/h3-4,7,10H,1-2,5-6,8-9H2,(H,18,19). The van der Waals surface area contributed by atoms with Gasteiger partial charge in [-0.3, -0.25) is 9.69 Å². The second kappa shape index (κ2) is 6.73. The van der Waals surface area contributed by atoms with Crippen LogP contribution in [0.25, 0.3) is 0 Å². The fourth-order valence-corrected chi connectivity index (χ4v) is 3.33. The van der Waals surface area contributed by atoms with Crippen LogP contribution in [0.3, 0.4) is 0 Å². The van der Waals surface area contributed by atoms with Crippen LogP contribution in [-0.2, 0) is 11.3 Å². The molecule has 5 heteroatoms. The molecule has 1 saturated heterocycles. The maximum atomic E-state index is 10.8. The summed E-state index contributed by atoms with van der Waals surface area (Å²) in [5.74, 6) is -0.436. The maximum Gasteiger partial charge on any atom is 0.303 e. The summed E-state index contributed by atoms with van der Waals surface area (Å²) in [6.07, 6.45) is 2.34. The van der Waals surface area contributed by atoms with E-state index in [2.05, 4.69) is 20.8 Å². The van der Waals surface area contributed by atoms with Crippen LogP contribution in [0, 0.1) is 5.92 Å². The van der Waals surface area contributed by atoms with Crippen LogP contribution in [0.5, 0.6) is 0 Å². The molecule has 0 aromatic heterocycles. The number of carbonyl (C=O) groups is 1. The van der Waals surface area contributed by atoms with Gasteiger partial charge < -0.3 is 5.11 Å². The zero-order valence-electron chi connectivity index (χ0n) is 10.6. The number of likely N-dealkylation sites (tertiary alicyclic amines) is 1. The molecule has 1 fully saturated rings. The van der Waals surface area contributed by atoms with Crippen molar-refractivity contribution >= 4 is 33.5 Å². The largest absolute Gasteiger partial charge is 0.481 e. The summed E-state index contributed by atoms with van der Waals surface area (Å²) in [5, 5.41) is 9.63. The summed E-state index contributed by atoms with van der Waals surface area (Å²) in [6.45, 7) is 2.66. The van der Waals surface area contributed by atoms with Gasteiger partial charge in [0, 0.05) is 29.0 Å². The smallest absolute Gasteiger partial charge is 0.303 e. The van der Waals surface area contributed by atoms with E-state index in [9.17, 15) is 4.79 Å². The van der Waals surface area contributed by atoms with E-state index in [4.69, 9.17) is 16.7 Å². The second-order valence-electron chi connectivity index (χ2n) is 5.08. The zero-order chi connectivity index (χ0) is 13.8. The van der Waals surface area contributed by atoms with Crippen molar-refractivity contribution in [2.75, 3.05) is 13.1 Å². The lowest BCUT2D eigenvalue weighted by atomic mass is 9.94. The molecule has 0 saturated carbocycles. The van der Waals surface area contributed by atoms with Gasteiger partial charge in [0.1, 0.15) is 0 Å². The topological polar surface area (TPSA) is 40.5 Å². The Bertz CT molecular complexity index is 467. The number of rotatable bonds is 4. The number of carboxylic acids is 1. The van der Waals surface area contributed by atoms with Gasteiger partial charge in [0.2, 0.25) is 0 Å². The number of benzene rings is 1. The molecule has 1 aromatic rings. The molecule has 104 valence electrons. The minimum absolute atomic E-state index is 0.264. The Morgan fingerprint density at radius 1 is 1.53 bits per heavy atom. The Labute approximate surface area is 126 Å². The molecule has 0 bridgehead atoms. The van der Waals surface area contributed by atoms with E-state index in [1.54, 1.807) is 0 Å². The highest BCUT2D eigenvalue weighted by atomic mass is 79.9. The first kappa shape index (κ1) is 14.8. The normalized spacial score (nSPS) is 20.4. The summed E-state index contributed by atoms with van der Waals surface area (Å²) in [4.78, 5) is 13.1. The molecule has 0 aliphatic carbocycles. The van der Waals surface area contributed by atoms with E-state index in [-0.39, 0.29) is 12.3 Å². The molecule has 0 radical (unpaired) electrons. The minimum atomic E-state index is -0.700. The lowest BCUT2D eigenvalue weighted by Gasteiger charge is -2.32. The molecule has 1 aliphatic heterocycles. The highest BCUT2D eigenvalue weighted by molar-refractivity contribution is 9.10. The first-order valence-corrected chi connectivity index (χ1v) is 7.60. The summed E-state index contributed by atoms with van der Waals surface area (Å²) in [5.41, 5.74) is 1.10. The van der Waals surface area contributed by atoms with Crippen molar-refractivity contribution < 1.29 is 9.90 Å². The first-order chi connectivity index (χ1) is 9.04. The van der Waals surface area contributed by atoms with Crippen LogP contribution in [-0.4, -0.2) is 29.1 Å². The number of halogens is 2. The quantitative estimate of drug-likeness (QED) is 0.902. The van der Waals surface area contributed by atoms with Gasteiger partial charge in [-0.1, -0.05) is 33.6 Å². The van der Waals surface area contributed by atoms with Gasteiger partial charge in [0.25, 0.3) is 0 Å². The van der Waals surface area contributed by atoms with Crippen LogP contribution in [0.4, 0.5) is 0 Å². The fourth-order valence-electron chi connectivity index (χ4n) is 2.60. The molecule has 1 atom stereocenters. The molecule has 3 nitrogen and oxygen atoms in total. The van der Waals surface area contributed by atoms with Gasteiger partial charge in [0.15, 0.2) is 0 Å². The Kier molecular flexibility index (Phi) is 5.25. The molecule has 2 rings (SSSR count). The van der Waals surface area contributed by atoms with Crippen LogP contribution in [0.1, 0.15) is 24.8 Å². The highest BCUT2D eigenvalue weighted by Gasteiger charge is 2.22. The molecule has 1 unspecified atom stereocenters. The Morgan fingerprint density at radius 3 is 3.00 bits per heavy atom. The number of hydrogen-bond donors (Lipinski definition) is 1. The summed E-state index contributed by atoms with van der Waals surface area (Å²) < 4.78 is 0.976. The summed E-state index contributed by atoms with van der Waals surface area (Å²) >= 11 is 9.61. The highest BCUT2D eigenvalue weighted by Crippen LogP contribution is 2.25. The van der Waals surface area contributed by atoms with Crippen molar-refractivity contribution in [3.05, 3.63) is 33.3 Å². The Hall–Kier alpha value is -0.580. The Morgan fingerprint density at radius 2 is 2.32 bits per heavy atom. The minimum Gasteiger partial charge on any atom is -0.481 e. The van der Waals surface area contributed by atoms with E-state index in [0.717, 1.165) is 47.5 Å². The van der Waals surface area contributed by atoms with Crippen LogP contribution in [0.2, 0.25) is 5.02 Å². The predicted octanol–water partition coefficient (Wildman–Crippen LogP) is 3.79. The molecule has 1 N–H and O–H groups in total. The maximum absolute atomic E-state index is 10.8. The molecule has 1 heterocycles. The third-order valence-electron chi connectivity index (χ3n) is 3.48. The zero-order valence-corrected chi connectivity index (χ0v) is 13.0. The average Bonchev–Trinajstić information content (AvgIpc) is 2.32. The molecule has 1 aromatic carbocycles. The summed E-state index contributed by atoms with van der Waals surface area (Å²) in [6, 6.07) is 5.91. The molecule has 0 spiro atoms. The molecular weight excluding hydrogens is 330 g/mol. The fraction of sp³-hybridized carbons (Fsp3) is 0.500. The van der Waals surface area contributed by atoms with Crippen molar-refractivity contribution in [3.8, 4) is 0 Å². The van der Waals surface area contributed by atoms with Gasteiger partial charge in [-0.05, 0) is 43.0 Å². The Balaban J connectivity index is 1.96. The lowest BCUT2D eigenvalue weighted by molar-refractivity contribution is -0.138. The van der Waals surface area contributed by atoms with Crippen molar-refractivity contribution in [3.63, 3.8) is 0 Å². The van der Waals surface area contributed by atoms with Crippen LogP contribution in [0.15, 0.2) is 22.7 Å². The number of piperidine rings is 1. The van der Waals surface area contributed by atoms with E-state index in [1.807, 2.05) is 18.2 Å². The lowest BCUT2D eigenvalue weighted by Crippen LogP contribution is -2.35. The monoisotopic (exact) mass is 345 g/mol. The molecule has 19 heavy (non-hydrogen) atoms. The van der Waals surface area contributed by atoms with Crippen molar-refractivity contribution in [2.24, 2.45) is 5.92 Å². The molecule has 1 aliphatic rings.